The number of aromatic hydroxyl groups is 2. The molecule has 0 fully saturated rings. The quantitative estimate of drug-likeness (QED) is 0.683. The highest BCUT2D eigenvalue weighted by atomic mass is 16.3. The molecule has 74 valence electrons. The summed E-state index contributed by atoms with van der Waals surface area (Å²) < 4.78 is 0. The lowest BCUT2D eigenvalue weighted by Gasteiger charge is -2.14. The van der Waals surface area contributed by atoms with Crippen molar-refractivity contribution < 1.29 is 10.2 Å². The summed E-state index contributed by atoms with van der Waals surface area (Å²) >= 11 is 0. The van der Waals surface area contributed by atoms with Crippen LogP contribution in [-0.2, 0) is 6.42 Å². The van der Waals surface area contributed by atoms with Crippen molar-refractivity contribution in [3.8, 4) is 11.5 Å². The Kier molecular flexibility index (Phi) is 1.54. The monoisotopic (exact) mass is 198 g/mol. The van der Waals surface area contributed by atoms with E-state index in [-0.39, 0.29) is 11.5 Å². The fourth-order valence-electron chi connectivity index (χ4n) is 2.18. The van der Waals surface area contributed by atoms with Crippen LogP contribution in [-0.4, -0.2) is 10.2 Å². The number of hydrogen-bond acceptors (Lipinski definition) is 2. The third-order valence-electron chi connectivity index (χ3n) is 2.87. The molecule has 0 heterocycles. The Morgan fingerprint density at radius 1 is 0.867 bits per heavy atom. The summed E-state index contributed by atoms with van der Waals surface area (Å²) in [5.41, 5.74) is 2.20. The summed E-state index contributed by atoms with van der Waals surface area (Å²) in [6.45, 7) is 0. The topological polar surface area (TPSA) is 40.5 Å². The van der Waals surface area contributed by atoms with Crippen molar-refractivity contribution in [1.29, 1.82) is 0 Å². The normalized spacial score (nSPS) is 13.3. The van der Waals surface area contributed by atoms with Gasteiger partial charge in [0.05, 0.1) is 5.39 Å². The van der Waals surface area contributed by atoms with Crippen LogP contribution in [0, 0.1) is 0 Å². The SMILES string of the molecule is Oc1ccc2c3c(ccc(O)c13)CC=C2. The Labute approximate surface area is 87.1 Å². The molecule has 0 aromatic heterocycles. The zero-order valence-electron chi connectivity index (χ0n) is 8.07. The zero-order chi connectivity index (χ0) is 10.4. The van der Waals surface area contributed by atoms with Gasteiger partial charge in [-0.15, -0.1) is 0 Å². The van der Waals surface area contributed by atoms with Crippen LogP contribution in [0.3, 0.4) is 0 Å². The van der Waals surface area contributed by atoms with Gasteiger partial charge < -0.3 is 10.2 Å². The van der Waals surface area contributed by atoms with Crippen LogP contribution in [0.5, 0.6) is 11.5 Å². The van der Waals surface area contributed by atoms with Gasteiger partial charge in [0.25, 0.3) is 0 Å². The number of hydrogen-bond donors (Lipinski definition) is 2. The lowest BCUT2D eigenvalue weighted by molar-refractivity contribution is 0.464. The Morgan fingerprint density at radius 3 is 2.40 bits per heavy atom. The molecule has 2 aromatic carbocycles. The molecular weight excluding hydrogens is 188 g/mol. The van der Waals surface area contributed by atoms with E-state index >= 15 is 0 Å². The number of phenols is 2. The number of allylic oxidation sites excluding steroid dienone is 1. The van der Waals surface area contributed by atoms with E-state index in [1.807, 2.05) is 18.2 Å². The minimum atomic E-state index is 0.142. The summed E-state index contributed by atoms with van der Waals surface area (Å²) in [6, 6.07) is 7.04. The molecule has 0 amide bonds. The summed E-state index contributed by atoms with van der Waals surface area (Å²) in [5.74, 6) is 0.284. The third-order valence-corrected chi connectivity index (χ3v) is 2.87. The standard InChI is InChI=1S/C13H10O2/c14-10-6-4-8-2-1-3-9-5-7-11(15)13(10)12(8)9/h1-2,4-7,14-15H,3H2. The minimum absolute atomic E-state index is 0.142. The molecule has 1 aliphatic rings. The van der Waals surface area contributed by atoms with Gasteiger partial charge in [-0.1, -0.05) is 24.3 Å². The Hall–Kier alpha value is -1.96. The van der Waals surface area contributed by atoms with Gasteiger partial charge in [-0.05, 0) is 35.1 Å². The second-order valence-electron chi connectivity index (χ2n) is 3.77. The van der Waals surface area contributed by atoms with Crippen molar-refractivity contribution >= 4 is 16.8 Å². The Bertz CT molecular complexity index is 574. The van der Waals surface area contributed by atoms with Gasteiger partial charge >= 0.3 is 0 Å². The van der Waals surface area contributed by atoms with Gasteiger partial charge in [0.1, 0.15) is 11.5 Å². The second kappa shape index (κ2) is 2.76. The maximum absolute atomic E-state index is 9.74. The molecule has 15 heavy (non-hydrogen) atoms. The van der Waals surface area contributed by atoms with Crippen LogP contribution in [0.15, 0.2) is 30.3 Å². The molecule has 2 nitrogen and oxygen atoms in total. The van der Waals surface area contributed by atoms with Crippen molar-refractivity contribution in [3.63, 3.8) is 0 Å². The first-order chi connectivity index (χ1) is 7.27. The molecule has 2 heteroatoms. The molecule has 0 radical (unpaired) electrons. The van der Waals surface area contributed by atoms with E-state index in [9.17, 15) is 10.2 Å². The van der Waals surface area contributed by atoms with Gasteiger partial charge in [0, 0.05) is 0 Å². The smallest absolute Gasteiger partial charge is 0.127 e. The predicted molar refractivity (Wildman–Crippen MR) is 60.0 cm³/mol. The first-order valence-corrected chi connectivity index (χ1v) is 4.90. The Balaban J connectivity index is 2.59. The van der Waals surface area contributed by atoms with E-state index < -0.39 is 0 Å². The first-order valence-electron chi connectivity index (χ1n) is 4.90. The predicted octanol–water partition coefficient (Wildman–Crippen LogP) is 2.82. The number of rotatable bonds is 0. The van der Waals surface area contributed by atoms with E-state index in [1.54, 1.807) is 12.1 Å². The summed E-state index contributed by atoms with van der Waals surface area (Å²) in [6.07, 6.45) is 4.96. The van der Waals surface area contributed by atoms with Crippen LogP contribution >= 0.6 is 0 Å². The second-order valence-corrected chi connectivity index (χ2v) is 3.77. The van der Waals surface area contributed by atoms with E-state index in [4.69, 9.17) is 0 Å². The molecule has 2 N–H and O–H groups in total. The van der Waals surface area contributed by atoms with Crippen molar-refractivity contribution in [1.82, 2.24) is 0 Å². The van der Waals surface area contributed by atoms with Gasteiger partial charge in [-0.25, -0.2) is 0 Å². The van der Waals surface area contributed by atoms with Crippen LogP contribution in [0.25, 0.3) is 16.8 Å². The largest absolute Gasteiger partial charge is 0.507 e. The number of benzene rings is 2. The molecule has 1 aliphatic carbocycles. The molecule has 0 saturated heterocycles. The van der Waals surface area contributed by atoms with Crippen LogP contribution in [0.4, 0.5) is 0 Å². The van der Waals surface area contributed by atoms with Crippen molar-refractivity contribution in [2.45, 2.75) is 6.42 Å². The first kappa shape index (κ1) is 8.36. The molecule has 3 rings (SSSR count). The van der Waals surface area contributed by atoms with E-state index in [1.165, 1.54) is 0 Å². The Morgan fingerprint density at radius 2 is 1.60 bits per heavy atom. The van der Waals surface area contributed by atoms with Crippen molar-refractivity contribution in [2.75, 3.05) is 0 Å². The fourth-order valence-corrected chi connectivity index (χ4v) is 2.18. The summed E-state index contributed by atoms with van der Waals surface area (Å²) in [5, 5.41) is 21.0. The zero-order valence-corrected chi connectivity index (χ0v) is 8.07. The molecule has 0 unspecified atom stereocenters. The highest BCUT2D eigenvalue weighted by molar-refractivity contribution is 6.01. The van der Waals surface area contributed by atoms with E-state index in [0.717, 1.165) is 22.9 Å². The lowest BCUT2D eigenvalue weighted by Crippen LogP contribution is -1.92. The molecule has 0 bridgehead atoms. The molecular formula is C13H10O2. The molecule has 0 aliphatic heterocycles. The van der Waals surface area contributed by atoms with E-state index in [0.29, 0.717) is 5.39 Å². The maximum Gasteiger partial charge on any atom is 0.127 e. The highest BCUT2D eigenvalue weighted by Crippen LogP contribution is 2.39. The molecule has 0 saturated carbocycles. The van der Waals surface area contributed by atoms with Gasteiger partial charge in [0.2, 0.25) is 0 Å². The van der Waals surface area contributed by atoms with Crippen LogP contribution in [0.2, 0.25) is 0 Å². The average Bonchev–Trinajstić information content (AvgIpc) is 2.25. The highest BCUT2D eigenvalue weighted by Gasteiger charge is 2.13. The van der Waals surface area contributed by atoms with Gasteiger partial charge in [0.15, 0.2) is 0 Å². The van der Waals surface area contributed by atoms with Gasteiger partial charge in [-0.2, -0.15) is 0 Å². The lowest BCUT2D eigenvalue weighted by atomic mass is 9.92. The maximum atomic E-state index is 9.74. The fraction of sp³-hybridized carbons (Fsp3) is 0.0769. The summed E-state index contributed by atoms with van der Waals surface area (Å²) in [4.78, 5) is 0. The van der Waals surface area contributed by atoms with Crippen molar-refractivity contribution in [2.24, 2.45) is 0 Å². The molecule has 0 atom stereocenters. The average molecular weight is 198 g/mol. The molecule has 2 aromatic rings. The van der Waals surface area contributed by atoms with Crippen LogP contribution < -0.4 is 0 Å². The van der Waals surface area contributed by atoms with Gasteiger partial charge in [-0.3, -0.25) is 0 Å². The number of phenolic OH excluding ortho intramolecular Hbond substituents is 2. The third kappa shape index (κ3) is 1.05. The van der Waals surface area contributed by atoms with E-state index in [2.05, 4.69) is 6.08 Å². The van der Waals surface area contributed by atoms with Crippen molar-refractivity contribution in [3.05, 3.63) is 41.5 Å². The summed E-state index contributed by atoms with van der Waals surface area (Å²) in [7, 11) is 0. The van der Waals surface area contributed by atoms with Crippen LogP contribution in [0.1, 0.15) is 11.1 Å². The minimum Gasteiger partial charge on any atom is -0.507 e. The molecule has 0 spiro atoms.